The summed E-state index contributed by atoms with van der Waals surface area (Å²) in [6.45, 7) is 5.95. The molecule has 0 radical (unpaired) electrons. The van der Waals surface area contributed by atoms with Crippen LogP contribution in [0.3, 0.4) is 0 Å². The molecular weight excluding hydrogens is 284 g/mol. The lowest BCUT2D eigenvalue weighted by molar-refractivity contribution is -0.136. The Labute approximate surface area is 129 Å². The van der Waals surface area contributed by atoms with Crippen molar-refractivity contribution >= 4 is 11.8 Å². The summed E-state index contributed by atoms with van der Waals surface area (Å²) in [5.41, 5.74) is 1.44. The molecule has 0 unspecified atom stereocenters. The van der Waals surface area contributed by atoms with Crippen molar-refractivity contribution in [2.24, 2.45) is 0 Å². The Balaban J connectivity index is 1.77. The van der Waals surface area contributed by atoms with E-state index < -0.39 is 0 Å². The summed E-state index contributed by atoms with van der Waals surface area (Å²) >= 11 is 0. The maximum absolute atomic E-state index is 12.7. The minimum atomic E-state index is -0.105. The van der Waals surface area contributed by atoms with Gasteiger partial charge in [0.1, 0.15) is 6.54 Å². The number of hydrogen-bond acceptors (Lipinski definition) is 4. The fourth-order valence-electron chi connectivity index (χ4n) is 3.40. The average Bonchev–Trinajstić information content (AvgIpc) is 3.09. The Hall–Kier alpha value is -1.89. The average molecular weight is 306 g/mol. The topological polar surface area (TPSA) is 67.7 Å². The smallest absolute Gasteiger partial charge is 0.257 e. The quantitative estimate of drug-likeness (QED) is 0.804. The second-order valence-electron chi connectivity index (χ2n) is 5.94. The van der Waals surface area contributed by atoms with Crippen LogP contribution in [0.4, 0.5) is 0 Å². The highest BCUT2D eigenvalue weighted by Crippen LogP contribution is 2.25. The predicted octanol–water partition coefficient (Wildman–Crippen LogP) is 0.283. The van der Waals surface area contributed by atoms with Crippen LogP contribution in [0.1, 0.15) is 29.4 Å². The van der Waals surface area contributed by atoms with Crippen molar-refractivity contribution in [3.05, 3.63) is 17.5 Å². The first kappa shape index (κ1) is 15.0. The molecule has 0 bridgehead atoms. The van der Waals surface area contributed by atoms with Gasteiger partial charge >= 0.3 is 0 Å². The van der Waals surface area contributed by atoms with Crippen LogP contribution in [-0.2, 0) is 16.1 Å². The molecule has 0 aliphatic carbocycles. The Bertz CT molecular complexity index is 598. The summed E-state index contributed by atoms with van der Waals surface area (Å²) in [6.07, 6.45) is 2.47. The van der Waals surface area contributed by atoms with E-state index in [1.807, 2.05) is 18.7 Å². The Morgan fingerprint density at radius 1 is 1.45 bits per heavy atom. The molecule has 7 heteroatoms. The summed E-state index contributed by atoms with van der Waals surface area (Å²) in [6, 6.07) is 0.0664. The van der Waals surface area contributed by atoms with Gasteiger partial charge in [-0.3, -0.25) is 14.3 Å². The van der Waals surface area contributed by atoms with Crippen LogP contribution in [0.25, 0.3) is 0 Å². The van der Waals surface area contributed by atoms with Crippen LogP contribution in [0.2, 0.25) is 0 Å². The number of amides is 2. The Morgan fingerprint density at radius 3 is 2.86 bits per heavy atom. The molecule has 120 valence electrons. The molecular formula is C15H22N4O3. The number of aromatic nitrogens is 2. The number of piperazine rings is 1. The number of methoxy groups -OCH3 is 1. The highest BCUT2D eigenvalue weighted by molar-refractivity contribution is 5.98. The first-order valence-corrected chi connectivity index (χ1v) is 7.69. The third kappa shape index (κ3) is 2.39. The molecule has 0 saturated carbocycles. The van der Waals surface area contributed by atoms with Gasteiger partial charge in [0, 0.05) is 32.4 Å². The van der Waals surface area contributed by atoms with Crippen LogP contribution in [0, 0.1) is 6.92 Å². The molecule has 3 rings (SSSR count). The van der Waals surface area contributed by atoms with E-state index in [-0.39, 0.29) is 30.5 Å². The van der Waals surface area contributed by atoms with E-state index in [2.05, 4.69) is 5.10 Å². The predicted molar refractivity (Wildman–Crippen MR) is 79.5 cm³/mol. The zero-order valence-electron chi connectivity index (χ0n) is 13.3. The molecule has 2 amide bonds. The van der Waals surface area contributed by atoms with Gasteiger partial charge in [0.2, 0.25) is 5.91 Å². The second kappa shape index (κ2) is 5.72. The molecule has 0 aromatic carbocycles. The van der Waals surface area contributed by atoms with E-state index in [1.54, 1.807) is 22.9 Å². The third-order valence-corrected chi connectivity index (χ3v) is 4.71. The van der Waals surface area contributed by atoms with E-state index in [9.17, 15) is 9.59 Å². The number of fused-ring (bicyclic) bond motifs is 1. The molecule has 2 aliphatic rings. The van der Waals surface area contributed by atoms with E-state index in [0.29, 0.717) is 18.7 Å². The van der Waals surface area contributed by atoms with E-state index in [0.717, 1.165) is 18.7 Å². The number of hydrogen-bond donors (Lipinski definition) is 0. The van der Waals surface area contributed by atoms with Crippen LogP contribution in [0.5, 0.6) is 0 Å². The molecule has 22 heavy (non-hydrogen) atoms. The molecule has 1 aromatic rings. The normalized spacial score (nSPS) is 24.8. The van der Waals surface area contributed by atoms with Crippen molar-refractivity contribution in [3.8, 4) is 0 Å². The summed E-state index contributed by atoms with van der Waals surface area (Å²) in [5, 5.41) is 4.21. The summed E-state index contributed by atoms with van der Waals surface area (Å²) in [4.78, 5) is 28.5. The number of carbonyl (C=O) groups is 2. The van der Waals surface area contributed by atoms with Gasteiger partial charge in [0.25, 0.3) is 5.91 Å². The summed E-state index contributed by atoms with van der Waals surface area (Å²) < 4.78 is 7.15. The van der Waals surface area contributed by atoms with Gasteiger partial charge in [-0.25, -0.2) is 0 Å². The summed E-state index contributed by atoms with van der Waals surface area (Å²) in [7, 11) is 1.67. The maximum Gasteiger partial charge on any atom is 0.257 e. The van der Waals surface area contributed by atoms with E-state index >= 15 is 0 Å². The minimum absolute atomic E-state index is 0.00434. The van der Waals surface area contributed by atoms with Crippen LogP contribution >= 0.6 is 0 Å². The molecule has 2 aliphatic heterocycles. The molecule has 2 fully saturated rings. The monoisotopic (exact) mass is 306 g/mol. The molecule has 1 aromatic heterocycles. The molecule has 3 heterocycles. The zero-order valence-corrected chi connectivity index (χ0v) is 13.3. The van der Waals surface area contributed by atoms with E-state index in [4.69, 9.17) is 4.74 Å². The van der Waals surface area contributed by atoms with Crippen molar-refractivity contribution < 1.29 is 14.3 Å². The first-order chi connectivity index (χ1) is 10.5. The van der Waals surface area contributed by atoms with Crippen molar-refractivity contribution in [1.82, 2.24) is 19.6 Å². The first-order valence-electron chi connectivity index (χ1n) is 7.69. The maximum atomic E-state index is 12.7. The van der Waals surface area contributed by atoms with Gasteiger partial charge in [-0.15, -0.1) is 0 Å². The molecule has 0 spiro atoms. The van der Waals surface area contributed by atoms with Crippen molar-refractivity contribution in [3.63, 3.8) is 0 Å². The Kier molecular flexibility index (Phi) is 3.90. The number of nitrogens with zero attached hydrogens (tertiary/aromatic N) is 4. The van der Waals surface area contributed by atoms with Crippen molar-refractivity contribution in [1.29, 1.82) is 0 Å². The van der Waals surface area contributed by atoms with Crippen molar-refractivity contribution in [2.45, 2.75) is 39.0 Å². The van der Waals surface area contributed by atoms with Gasteiger partial charge in [-0.2, -0.15) is 5.10 Å². The van der Waals surface area contributed by atoms with Gasteiger partial charge in [0.05, 0.1) is 23.9 Å². The van der Waals surface area contributed by atoms with Crippen molar-refractivity contribution in [2.75, 3.05) is 26.7 Å². The largest absolute Gasteiger partial charge is 0.380 e. The SMILES string of the molecule is CCn1ncc(C(=O)N2CC(=O)N3C[C@@H](OC)C[C@H]3C2)c1C. The lowest BCUT2D eigenvalue weighted by Crippen LogP contribution is -2.55. The van der Waals surface area contributed by atoms with Gasteiger partial charge in [-0.1, -0.05) is 0 Å². The zero-order chi connectivity index (χ0) is 15.9. The number of rotatable bonds is 3. The lowest BCUT2D eigenvalue weighted by Gasteiger charge is -2.36. The molecule has 2 saturated heterocycles. The lowest BCUT2D eigenvalue weighted by atomic mass is 10.1. The Morgan fingerprint density at radius 2 is 2.23 bits per heavy atom. The van der Waals surface area contributed by atoms with Gasteiger partial charge in [-0.05, 0) is 20.3 Å². The number of carbonyl (C=O) groups excluding carboxylic acids is 2. The fourth-order valence-corrected chi connectivity index (χ4v) is 3.40. The van der Waals surface area contributed by atoms with E-state index in [1.165, 1.54) is 0 Å². The standard InChI is InChI=1S/C15H22N4O3/c1-4-19-10(2)13(6-16-19)15(21)17-7-11-5-12(22-3)8-18(11)14(20)9-17/h6,11-12H,4-5,7-9H2,1-3H3/t11-,12-/m0/s1. The fraction of sp³-hybridized carbons (Fsp3) is 0.667. The molecule has 7 nitrogen and oxygen atoms in total. The number of aryl methyl sites for hydroxylation is 1. The third-order valence-electron chi connectivity index (χ3n) is 4.71. The minimum Gasteiger partial charge on any atom is -0.380 e. The molecule has 0 N–H and O–H groups in total. The van der Waals surface area contributed by atoms with Crippen LogP contribution in [-0.4, -0.2) is 70.3 Å². The van der Waals surface area contributed by atoms with Crippen LogP contribution < -0.4 is 0 Å². The van der Waals surface area contributed by atoms with Gasteiger partial charge in [0.15, 0.2) is 0 Å². The second-order valence-corrected chi connectivity index (χ2v) is 5.94. The molecule has 2 atom stereocenters. The van der Waals surface area contributed by atoms with Gasteiger partial charge < -0.3 is 14.5 Å². The summed E-state index contributed by atoms with van der Waals surface area (Å²) in [5.74, 6) is -0.101. The van der Waals surface area contributed by atoms with Crippen LogP contribution in [0.15, 0.2) is 6.20 Å². The highest BCUT2D eigenvalue weighted by atomic mass is 16.5. The number of ether oxygens (including phenoxy) is 1. The highest BCUT2D eigenvalue weighted by Gasteiger charge is 2.41.